The van der Waals surface area contributed by atoms with E-state index >= 15 is 0 Å². The number of hydrogen-bond acceptors (Lipinski definition) is 6. The maximum Gasteiger partial charge on any atom is 0.303 e. The molecule has 0 bridgehead atoms. The number of pyridine rings is 3. The highest BCUT2D eigenvalue weighted by molar-refractivity contribution is 6.31. The van der Waals surface area contributed by atoms with E-state index in [2.05, 4.69) is 24.9 Å². The highest BCUT2D eigenvalue weighted by Crippen LogP contribution is 2.30. The van der Waals surface area contributed by atoms with Crippen LogP contribution < -0.4 is 4.74 Å². The van der Waals surface area contributed by atoms with Crippen molar-refractivity contribution in [2.24, 2.45) is 5.92 Å². The maximum atomic E-state index is 10.9. The van der Waals surface area contributed by atoms with Gasteiger partial charge in [-0.15, -0.1) is 0 Å². The van der Waals surface area contributed by atoms with Gasteiger partial charge in [0.15, 0.2) is 5.65 Å². The number of aromatic nitrogens is 5. The topological polar surface area (TPSA) is 114 Å². The molecule has 0 atom stereocenters. The molecular formula is C24H22ClN5O3. The lowest BCUT2D eigenvalue weighted by molar-refractivity contribution is -0.138. The van der Waals surface area contributed by atoms with E-state index in [1.807, 2.05) is 24.3 Å². The molecule has 0 radical (unpaired) electrons. The van der Waals surface area contributed by atoms with Gasteiger partial charge in [0.1, 0.15) is 11.9 Å². The Bertz CT molecular complexity index is 1270. The Kier molecular flexibility index (Phi) is 5.92. The number of carboxylic acids is 1. The molecular weight excluding hydrogens is 442 g/mol. The first-order chi connectivity index (χ1) is 16.0. The quantitative estimate of drug-likeness (QED) is 0.406. The minimum Gasteiger partial charge on any atom is -0.481 e. The van der Waals surface area contributed by atoms with Crippen LogP contribution >= 0.6 is 11.6 Å². The molecule has 5 rings (SSSR count). The molecule has 0 spiro atoms. The Labute approximate surface area is 195 Å². The summed E-state index contributed by atoms with van der Waals surface area (Å²) >= 11 is 5.99. The minimum atomic E-state index is -0.724. The minimum absolute atomic E-state index is 0.0824. The van der Waals surface area contributed by atoms with E-state index < -0.39 is 5.97 Å². The standard InChI is InChI=1S/C24H22ClN5O3/c25-17-10-20-24(28-13-17)30-23(29-20)16-3-7-19(26-12-16)15-4-8-21(27-11-15)33-18-5-1-14(2-6-18)9-22(31)32/h3-4,7-8,10-14,18H,1-2,5-6,9H2,(H,31,32)(H,28,29,30)/t14-,18+. The van der Waals surface area contributed by atoms with Gasteiger partial charge in [0.2, 0.25) is 5.88 Å². The Morgan fingerprint density at radius 1 is 1.03 bits per heavy atom. The third-order valence-electron chi connectivity index (χ3n) is 5.92. The number of nitrogens with zero attached hydrogens (tertiary/aromatic N) is 4. The Balaban J connectivity index is 1.22. The number of ether oxygens (including phenoxy) is 1. The molecule has 0 aliphatic heterocycles. The Morgan fingerprint density at radius 3 is 2.52 bits per heavy atom. The van der Waals surface area contributed by atoms with E-state index in [1.165, 1.54) is 0 Å². The van der Waals surface area contributed by atoms with Crippen LogP contribution in [0.25, 0.3) is 33.8 Å². The molecule has 9 heteroatoms. The van der Waals surface area contributed by atoms with Crippen molar-refractivity contribution in [2.45, 2.75) is 38.2 Å². The van der Waals surface area contributed by atoms with Gasteiger partial charge in [-0.2, -0.15) is 0 Å². The van der Waals surface area contributed by atoms with Crippen molar-refractivity contribution in [1.29, 1.82) is 0 Å². The molecule has 1 fully saturated rings. The van der Waals surface area contributed by atoms with Crippen LogP contribution in [0.5, 0.6) is 5.88 Å². The van der Waals surface area contributed by atoms with Gasteiger partial charge in [-0.1, -0.05) is 11.6 Å². The summed E-state index contributed by atoms with van der Waals surface area (Å²) in [5.41, 5.74) is 3.91. The summed E-state index contributed by atoms with van der Waals surface area (Å²) < 4.78 is 6.01. The summed E-state index contributed by atoms with van der Waals surface area (Å²) in [6, 6.07) is 9.45. The molecule has 168 valence electrons. The van der Waals surface area contributed by atoms with Gasteiger partial charge in [-0.05, 0) is 55.9 Å². The zero-order valence-corrected chi connectivity index (χ0v) is 18.5. The van der Waals surface area contributed by atoms with Crippen molar-refractivity contribution >= 4 is 28.7 Å². The molecule has 4 aromatic heterocycles. The SMILES string of the molecule is O=C(O)C[C@H]1CC[C@@H](Oc2ccc(-c3ccc(-c4nc5ncc(Cl)cc5[nH]4)cn3)cn2)CC1. The zero-order valence-electron chi connectivity index (χ0n) is 17.7. The van der Waals surface area contributed by atoms with Gasteiger partial charge in [0.25, 0.3) is 0 Å². The van der Waals surface area contributed by atoms with Gasteiger partial charge in [-0.3, -0.25) is 9.78 Å². The van der Waals surface area contributed by atoms with Gasteiger partial charge in [0.05, 0.1) is 16.2 Å². The van der Waals surface area contributed by atoms with Crippen LogP contribution in [0.4, 0.5) is 0 Å². The monoisotopic (exact) mass is 463 g/mol. The number of carboxylic acid groups (broad SMARTS) is 1. The zero-order chi connectivity index (χ0) is 22.8. The number of fused-ring (bicyclic) bond motifs is 1. The van der Waals surface area contributed by atoms with Gasteiger partial charge in [-0.25, -0.2) is 15.0 Å². The fourth-order valence-electron chi connectivity index (χ4n) is 4.19. The predicted octanol–water partition coefficient (Wildman–Crippen LogP) is 5.15. The van der Waals surface area contributed by atoms with Crippen molar-refractivity contribution in [1.82, 2.24) is 24.9 Å². The fourth-order valence-corrected chi connectivity index (χ4v) is 4.35. The summed E-state index contributed by atoms with van der Waals surface area (Å²) in [5.74, 6) is 0.780. The van der Waals surface area contributed by atoms with Crippen LogP contribution in [0.1, 0.15) is 32.1 Å². The first-order valence-electron chi connectivity index (χ1n) is 10.9. The van der Waals surface area contributed by atoms with Crippen LogP contribution in [0, 0.1) is 5.92 Å². The Morgan fingerprint density at radius 2 is 1.82 bits per heavy atom. The molecule has 0 aromatic carbocycles. The molecule has 2 N–H and O–H groups in total. The normalized spacial score (nSPS) is 18.3. The number of aliphatic carboxylic acids is 1. The molecule has 1 saturated carbocycles. The summed E-state index contributed by atoms with van der Waals surface area (Å²) in [7, 11) is 0. The third kappa shape index (κ3) is 4.96. The lowest BCUT2D eigenvalue weighted by atomic mass is 9.85. The molecule has 0 saturated heterocycles. The van der Waals surface area contributed by atoms with E-state index in [4.69, 9.17) is 21.4 Å². The molecule has 1 aliphatic carbocycles. The molecule has 33 heavy (non-hydrogen) atoms. The third-order valence-corrected chi connectivity index (χ3v) is 6.12. The number of aromatic amines is 1. The average Bonchev–Trinajstić information content (AvgIpc) is 3.24. The van der Waals surface area contributed by atoms with E-state index in [1.54, 1.807) is 24.7 Å². The molecule has 0 unspecified atom stereocenters. The van der Waals surface area contributed by atoms with E-state index in [0.717, 1.165) is 48.0 Å². The summed E-state index contributed by atoms with van der Waals surface area (Å²) in [6.07, 6.45) is 8.86. The van der Waals surface area contributed by atoms with Gasteiger partial charge >= 0.3 is 5.97 Å². The summed E-state index contributed by atoms with van der Waals surface area (Å²) in [4.78, 5) is 31.8. The number of nitrogens with one attached hydrogen (secondary N) is 1. The maximum absolute atomic E-state index is 10.9. The number of hydrogen-bond donors (Lipinski definition) is 2. The van der Waals surface area contributed by atoms with Crippen molar-refractivity contribution in [3.63, 3.8) is 0 Å². The van der Waals surface area contributed by atoms with Gasteiger partial charge < -0.3 is 14.8 Å². The van der Waals surface area contributed by atoms with Crippen molar-refractivity contribution in [3.05, 3.63) is 53.9 Å². The highest BCUT2D eigenvalue weighted by Gasteiger charge is 2.24. The molecule has 1 aliphatic rings. The molecule has 4 aromatic rings. The van der Waals surface area contributed by atoms with Crippen LogP contribution in [-0.4, -0.2) is 42.1 Å². The predicted molar refractivity (Wildman–Crippen MR) is 124 cm³/mol. The largest absolute Gasteiger partial charge is 0.481 e. The second kappa shape index (κ2) is 9.15. The second-order valence-electron chi connectivity index (χ2n) is 8.29. The van der Waals surface area contributed by atoms with Crippen molar-refractivity contribution < 1.29 is 14.6 Å². The van der Waals surface area contributed by atoms with Crippen molar-refractivity contribution in [2.75, 3.05) is 0 Å². The molecule has 0 amide bonds. The van der Waals surface area contributed by atoms with Crippen LogP contribution in [0.2, 0.25) is 5.02 Å². The lowest BCUT2D eigenvalue weighted by Crippen LogP contribution is -2.25. The highest BCUT2D eigenvalue weighted by atomic mass is 35.5. The van der Waals surface area contributed by atoms with Gasteiger partial charge in [0, 0.05) is 42.2 Å². The van der Waals surface area contributed by atoms with E-state index in [-0.39, 0.29) is 18.4 Å². The van der Waals surface area contributed by atoms with E-state index in [9.17, 15) is 4.79 Å². The summed E-state index contributed by atoms with van der Waals surface area (Å²) in [5, 5.41) is 9.49. The second-order valence-corrected chi connectivity index (χ2v) is 8.72. The first-order valence-corrected chi connectivity index (χ1v) is 11.2. The number of rotatable bonds is 6. The molecule has 4 heterocycles. The van der Waals surface area contributed by atoms with Crippen LogP contribution in [0.15, 0.2) is 48.9 Å². The number of halogens is 1. The lowest BCUT2D eigenvalue weighted by Gasteiger charge is -2.27. The summed E-state index contributed by atoms with van der Waals surface area (Å²) in [6.45, 7) is 0. The molecule has 8 nitrogen and oxygen atoms in total. The van der Waals surface area contributed by atoms with Crippen LogP contribution in [-0.2, 0) is 4.79 Å². The van der Waals surface area contributed by atoms with Crippen LogP contribution in [0.3, 0.4) is 0 Å². The van der Waals surface area contributed by atoms with Crippen molar-refractivity contribution in [3.8, 4) is 28.5 Å². The number of imidazole rings is 1. The average molecular weight is 464 g/mol. The Hall–Kier alpha value is -3.52. The van der Waals surface area contributed by atoms with E-state index in [0.29, 0.717) is 22.4 Å². The number of carbonyl (C=O) groups is 1. The first kappa shape index (κ1) is 21.3. The smallest absolute Gasteiger partial charge is 0.303 e. The number of H-pyrrole nitrogens is 1. The fraction of sp³-hybridized carbons (Fsp3) is 0.292.